The first-order valence-electron chi connectivity index (χ1n) is 7.21. The second-order valence-corrected chi connectivity index (χ2v) is 7.26. The van der Waals surface area contributed by atoms with Crippen LogP contribution in [0, 0.1) is 0 Å². The first-order chi connectivity index (χ1) is 11.1. The highest BCUT2D eigenvalue weighted by atomic mass is 32.2. The Labute approximate surface area is 137 Å². The number of alkyl halides is 3. The largest absolute Gasteiger partial charge is 0.416 e. The number of primary sulfonamides is 1. The van der Waals surface area contributed by atoms with Gasteiger partial charge in [-0.15, -0.1) is 0 Å². The topological polar surface area (TPSA) is 63.4 Å². The number of halogens is 3. The molecular weight excluding hydrogens is 341 g/mol. The third-order valence-corrected chi connectivity index (χ3v) is 4.94. The maximum atomic E-state index is 12.6. The van der Waals surface area contributed by atoms with E-state index in [2.05, 4.69) is 0 Å². The molecule has 0 atom stereocenters. The summed E-state index contributed by atoms with van der Waals surface area (Å²) in [5.74, 6) is 0. The number of anilines is 1. The molecule has 2 aromatic carbocycles. The normalized spacial score (nSPS) is 14.8. The Bertz CT molecular complexity index is 862. The molecule has 1 aliphatic heterocycles. The first kappa shape index (κ1) is 16.8. The minimum atomic E-state index is -4.34. The zero-order valence-corrected chi connectivity index (χ0v) is 13.4. The van der Waals surface area contributed by atoms with E-state index in [9.17, 15) is 21.6 Å². The van der Waals surface area contributed by atoms with E-state index in [-0.39, 0.29) is 4.90 Å². The van der Waals surface area contributed by atoms with Gasteiger partial charge in [0.2, 0.25) is 10.0 Å². The molecule has 0 radical (unpaired) electrons. The first-order valence-corrected chi connectivity index (χ1v) is 8.76. The maximum absolute atomic E-state index is 12.6. The van der Waals surface area contributed by atoms with Gasteiger partial charge in [-0.2, -0.15) is 13.2 Å². The Kier molecular flexibility index (Phi) is 4.05. The van der Waals surface area contributed by atoms with E-state index >= 15 is 0 Å². The van der Waals surface area contributed by atoms with Gasteiger partial charge in [0.15, 0.2) is 0 Å². The quantitative estimate of drug-likeness (QED) is 0.920. The highest BCUT2D eigenvalue weighted by molar-refractivity contribution is 7.89. The smallest absolute Gasteiger partial charge is 0.367 e. The van der Waals surface area contributed by atoms with Gasteiger partial charge in [-0.3, -0.25) is 0 Å². The molecule has 0 bridgehead atoms. The van der Waals surface area contributed by atoms with E-state index in [0.717, 1.165) is 28.9 Å². The van der Waals surface area contributed by atoms with E-state index in [1.54, 1.807) is 12.1 Å². The standard InChI is InChI=1S/C16H15F3N2O2S/c17-16(18,19)13-3-1-11(2-4-13)10-21-8-7-12-9-14(24(20,22)23)5-6-15(12)21/h1-6,9H,7-8,10H2,(H2,20,22,23). The predicted octanol–water partition coefficient (Wildman–Crippen LogP) is 2.92. The van der Waals surface area contributed by atoms with Crippen molar-refractivity contribution in [1.82, 2.24) is 0 Å². The summed E-state index contributed by atoms with van der Waals surface area (Å²) in [6, 6.07) is 9.73. The summed E-state index contributed by atoms with van der Waals surface area (Å²) in [5, 5.41) is 5.13. The number of nitrogens with zero attached hydrogens (tertiary/aromatic N) is 1. The molecule has 0 fully saturated rings. The van der Waals surface area contributed by atoms with Crippen molar-refractivity contribution in [3.05, 3.63) is 59.2 Å². The molecule has 0 spiro atoms. The van der Waals surface area contributed by atoms with Crippen molar-refractivity contribution < 1.29 is 21.6 Å². The van der Waals surface area contributed by atoms with Crippen molar-refractivity contribution in [2.45, 2.75) is 24.0 Å². The van der Waals surface area contributed by atoms with Gasteiger partial charge in [0.25, 0.3) is 0 Å². The van der Waals surface area contributed by atoms with Crippen LogP contribution in [0.2, 0.25) is 0 Å². The van der Waals surface area contributed by atoms with Crippen LogP contribution in [-0.2, 0) is 29.2 Å². The van der Waals surface area contributed by atoms with Crippen molar-refractivity contribution in [3.8, 4) is 0 Å². The minimum absolute atomic E-state index is 0.0673. The zero-order valence-electron chi connectivity index (χ0n) is 12.5. The molecule has 3 rings (SSSR count). The lowest BCUT2D eigenvalue weighted by Gasteiger charge is -2.20. The van der Waals surface area contributed by atoms with E-state index in [1.807, 2.05) is 4.90 Å². The fourth-order valence-electron chi connectivity index (χ4n) is 2.81. The third-order valence-electron chi connectivity index (χ3n) is 4.03. The van der Waals surface area contributed by atoms with Gasteiger partial charge in [0.1, 0.15) is 0 Å². The molecule has 2 aromatic rings. The summed E-state index contributed by atoms with van der Waals surface area (Å²) < 4.78 is 60.5. The van der Waals surface area contributed by atoms with Crippen LogP contribution in [0.25, 0.3) is 0 Å². The molecule has 4 nitrogen and oxygen atoms in total. The minimum Gasteiger partial charge on any atom is -0.367 e. The Morgan fingerprint density at radius 1 is 1.08 bits per heavy atom. The molecule has 24 heavy (non-hydrogen) atoms. The van der Waals surface area contributed by atoms with Gasteiger partial charge >= 0.3 is 6.18 Å². The average Bonchev–Trinajstić information content (AvgIpc) is 2.88. The summed E-state index contributed by atoms with van der Waals surface area (Å²) in [6.45, 7) is 1.13. The number of benzene rings is 2. The number of rotatable bonds is 3. The Balaban J connectivity index is 1.80. The van der Waals surface area contributed by atoms with E-state index in [4.69, 9.17) is 5.14 Å². The Hall–Kier alpha value is -2.06. The molecule has 0 saturated carbocycles. The lowest BCUT2D eigenvalue weighted by molar-refractivity contribution is -0.137. The molecule has 1 heterocycles. The second-order valence-electron chi connectivity index (χ2n) is 5.70. The van der Waals surface area contributed by atoms with Crippen molar-refractivity contribution in [3.63, 3.8) is 0 Å². The number of nitrogens with two attached hydrogens (primary N) is 1. The number of hydrogen-bond donors (Lipinski definition) is 1. The predicted molar refractivity (Wildman–Crippen MR) is 84.0 cm³/mol. The number of sulfonamides is 1. The van der Waals surface area contributed by atoms with Crippen LogP contribution in [0.4, 0.5) is 18.9 Å². The fraction of sp³-hybridized carbons (Fsp3) is 0.250. The summed E-state index contributed by atoms with van der Waals surface area (Å²) >= 11 is 0. The molecule has 0 aromatic heterocycles. The molecule has 1 aliphatic rings. The van der Waals surface area contributed by atoms with Gasteiger partial charge in [-0.1, -0.05) is 12.1 Å². The second kappa shape index (κ2) is 5.78. The van der Waals surface area contributed by atoms with Crippen molar-refractivity contribution in [2.75, 3.05) is 11.4 Å². The van der Waals surface area contributed by atoms with Crippen LogP contribution in [0.3, 0.4) is 0 Å². The van der Waals surface area contributed by atoms with Gasteiger partial charge in [0, 0.05) is 18.8 Å². The van der Waals surface area contributed by atoms with E-state index in [1.165, 1.54) is 18.2 Å². The maximum Gasteiger partial charge on any atom is 0.416 e. The number of fused-ring (bicyclic) bond motifs is 1. The van der Waals surface area contributed by atoms with Gasteiger partial charge < -0.3 is 4.90 Å². The lowest BCUT2D eigenvalue weighted by atomic mass is 10.1. The monoisotopic (exact) mass is 356 g/mol. The molecule has 8 heteroatoms. The summed E-state index contributed by atoms with van der Waals surface area (Å²) in [5.41, 5.74) is 1.83. The molecule has 0 saturated heterocycles. The van der Waals surface area contributed by atoms with E-state index < -0.39 is 21.8 Å². The summed E-state index contributed by atoms with van der Waals surface area (Å²) in [6.07, 6.45) is -3.68. The van der Waals surface area contributed by atoms with Crippen LogP contribution >= 0.6 is 0 Å². The highest BCUT2D eigenvalue weighted by Gasteiger charge is 2.30. The summed E-state index contributed by atoms with van der Waals surface area (Å²) in [7, 11) is -3.74. The van der Waals surface area contributed by atoms with Crippen LogP contribution < -0.4 is 10.0 Å². The molecule has 0 unspecified atom stereocenters. The lowest BCUT2D eigenvalue weighted by Crippen LogP contribution is -2.19. The zero-order chi connectivity index (χ0) is 17.5. The molecule has 128 valence electrons. The molecular formula is C16H15F3N2O2S. The van der Waals surface area contributed by atoms with Crippen molar-refractivity contribution in [1.29, 1.82) is 0 Å². The molecule has 2 N–H and O–H groups in total. The Morgan fingerprint density at radius 3 is 2.33 bits per heavy atom. The summed E-state index contributed by atoms with van der Waals surface area (Å²) in [4.78, 5) is 2.07. The van der Waals surface area contributed by atoms with Crippen LogP contribution in [0.15, 0.2) is 47.4 Å². The molecule has 0 amide bonds. The SMILES string of the molecule is NS(=O)(=O)c1ccc2c(c1)CCN2Cc1ccc(C(F)(F)F)cc1. The van der Waals surface area contributed by atoms with Gasteiger partial charge in [-0.25, -0.2) is 13.6 Å². The molecule has 0 aliphatic carbocycles. The number of hydrogen-bond acceptors (Lipinski definition) is 3. The van der Waals surface area contributed by atoms with Gasteiger partial charge in [-0.05, 0) is 47.9 Å². The van der Waals surface area contributed by atoms with Crippen LogP contribution in [-0.4, -0.2) is 15.0 Å². The highest BCUT2D eigenvalue weighted by Crippen LogP contribution is 2.32. The van der Waals surface area contributed by atoms with Crippen molar-refractivity contribution >= 4 is 15.7 Å². The van der Waals surface area contributed by atoms with Gasteiger partial charge in [0.05, 0.1) is 10.5 Å². The van der Waals surface area contributed by atoms with Crippen LogP contribution in [0.1, 0.15) is 16.7 Å². The van der Waals surface area contributed by atoms with Crippen molar-refractivity contribution in [2.24, 2.45) is 5.14 Å². The van der Waals surface area contributed by atoms with E-state index in [0.29, 0.717) is 19.5 Å². The fourth-order valence-corrected chi connectivity index (χ4v) is 3.37. The average molecular weight is 356 g/mol. The Morgan fingerprint density at radius 2 is 1.75 bits per heavy atom. The third kappa shape index (κ3) is 3.39. The van der Waals surface area contributed by atoms with Crippen LogP contribution in [0.5, 0.6) is 0 Å².